The molecule has 1 atom stereocenters. The molecule has 110 valence electrons. The Morgan fingerprint density at radius 2 is 1.62 bits per heavy atom. The molecule has 2 rings (SSSR count). The van der Waals surface area contributed by atoms with E-state index in [1.807, 2.05) is 24.3 Å². The fraction of sp³-hybridized carbons (Fsp3) is 0.316. The molecular formula is C19H22O2. The van der Waals surface area contributed by atoms with Crippen molar-refractivity contribution in [1.82, 2.24) is 0 Å². The zero-order valence-corrected chi connectivity index (χ0v) is 12.5. The standard InChI is InChI=1S/C19H22O2/c1-2-16(13-14-17-9-5-3-6-10-17)15-21-19(20)18-11-7-4-8-12-18/h3-12,16H,2,13-15H2,1H3. The molecule has 0 aliphatic heterocycles. The third-order valence-corrected chi connectivity index (χ3v) is 3.72. The van der Waals surface area contributed by atoms with Crippen LogP contribution in [0.3, 0.4) is 0 Å². The minimum Gasteiger partial charge on any atom is -0.462 e. The van der Waals surface area contributed by atoms with Crippen LogP contribution in [-0.2, 0) is 11.2 Å². The van der Waals surface area contributed by atoms with Gasteiger partial charge in [-0.15, -0.1) is 0 Å². The highest BCUT2D eigenvalue weighted by Crippen LogP contribution is 2.14. The van der Waals surface area contributed by atoms with Gasteiger partial charge in [0.2, 0.25) is 0 Å². The number of hydrogen-bond acceptors (Lipinski definition) is 2. The van der Waals surface area contributed by atoms with Crippen molar-refractivity contribution in [3.63, 3.8) is 0 Å². The van der Waals surface area contributed by atoms with Gasteiger partial charge in [0.15, 0.2) is 0 Å². The van der Waals surface area contributed by atoms with Crippen molar-refractivity contribution in [1.29, 1.82) is 0 Å². The SMILES string of the molecule is CCC(CCc1ccccc1)COC(=O)c1ccccc1. The molecule has 21 heavy (non-hydrogen) atoms. The number of carbonyl (C=O) groups is 1. The van der Waals surface area contributed by atoms with Crippen LogP contribution >= 0.6 is 0 Å². The molecule has 0 bridgehead atoms. The zero-order valence-electron chi connectivity index (χ0n) is 12.5. The van der Waals surface area contributed by atoms with E-state index in [0.717, 1.165) is 19.3 Å². The van der Waals surface area contributed by atoms with Gasteiger partial charge >= 0.3 is 5.97 Å². The van der Waals surface area contributed by atoms with Crippen LogP contribution in [0, 0.1) is 5.92 Å². The highest BCUT2D eigenvalue weighted by atomic mass is 16.5. The normalized spacial score (nSPS) is 11.9. The fourth-order valence-corrected chi connectivity index (χ4v) is 2.27. The molecule has 0 aliphatic carbocycles. The highest BCUT2D eigenvalue weighted by Gasteiger charge is 2.11. The maximum atomic E-state index is 11.9. The Labute approximate surface area is 126 Å². The monoisotopic (exact) mass is 282 g/mol. The van der Waals surface area contributed by atoms with Crippen LogP contribution in [-0.4, -0.2) is 12.6 Å². The Bertz CT molecular complexity index is 534. The van der Waals surface area contributed by atoms with Crippen LogP contribution in [0.4, 0.5) is 0 Å². The molecule has 0 N–H and O–H groups in total. The zero-order chi connectivity index (χ0) is 14.9. The van der Waals surface area contributed by atoms with Crippen LogP contribution in [0.5, 0.6) is 0 Å². The summed E-state index contributed by atoms with van der Waals surface area (Å²) in [6.07, 6.45) is 3.10. The lowest BCUT2D eigenvalue weighted by atomic mass is 9.98. The van der Waals surface area contributed by atoms with Gasteiger partial charge in [-0.25, -0.2) is 4.79 Å². The molecular weight excluding hydrogens is 260 g/mol. The molecule has 0 aliphatic rings. The van der Waals surface area contributed by atoms with E-state index in [9.17, 15) is 4.79 Å². The number of aryl methyl sites for hydroxylation is 1. The lowest BCUT2D eigenvalue weighted by Crippen LogP contribution is -2.14. The Balaban J connectivity index is 1.79. The lowest BCUT2D eigenvalue weighted by molar-refractivity contribution is 0.0430. The number of esters is 1. The first-order valence-corrected chi connectivity index (χ1v) is 7.55. The van der Waals surface area contributed by atoms with Crippen molar-refractivity contribution in [3.8, 4) is 0 Å². The van der Waals surface area contributed by atoms with Crippen LogP contribution in [0.1, 0.15) is 35.7 Å². The maximum Gasteiger partial charge on any atom is 0.338 e. The first-order valence-electron chi connectivity index (χ1n) is 7.55. The van der Waals surface area contributed by atoms with Gasteiger partial charge in [-0.2, -0.15) is 0 Å². The minimum atomic E-state index is -0.228. The quantitative estimate of drug-likeness (QED) is 0.699. The molecule has 0 saturated heterocycles. The number of carbonyl (C=O) groups excluding carboxylic acids is 1. The summed E-state index contributed by atoms with van der Waals surface area (Å²) >= 11 is 0. The summed E-state index contributed by atoms with van der Waals surface area (Å²) in [5.74, 6) is 0.187. The van der Waals surface area contributed by atoms with E-state index in [2.05, 4.69) is 31.2 Å². The van der Waals surface area contributed by atoms with Crippen molar-refractivity contribution >= 4 is 5.97 Å². The second-order valence-electron chi connectivity index (χ2n) is 5.26. The predicted octanol–water partition coefficient (Wildman–Crippen LogP) is 4.50. The van der Waals surface area contributed by atoms with Crippen molar-refractivity contribution < 1.29 is 9.53 Å². The van der Waals surface area contributed by atoms with Gasteiger partial charge < -0.3 is 4.74 Å². The van der Waals surface area contributed by atoms with Gasteiger partial charge in [0.1, 0.15) is 0 Å². The van der Waals surface area contributed by atoms with Crippen molar-refractivity contribution in [3.05, 3.63) is 71.8 Å². The summed E-state index contributed by atoms with van der Waals surface area (Å²) in [5.41, 5.74) is 1.96. The smallest absolute Gasteiger partial charge is 0.338 e. The van der Waals surface area contributed by atoms with E-state index in [0.29, 0.717) is 18.1 Å². The molecule has 2 aromatic carbocycles. The van der Waals surface area contributed by atoms with Crippen molar-refractivity contribution in [2.75, 3.05) is 6.61 Å². The predicted molar refractivity (Wildman–Crippen MR) is 85.3 cm³/mol. The molecule has 2 nitrogen and oxygen atoms in total. The van der Waals surface area contributed by atoms with Crippen LogP contribution in [0.2, 0.25) is 0 Å². The van der Waals surface area contributed by atoms with E-state index >= 15 is 0 Å². The third-order valence-electron chi connectivity index (χ3n) is 3.72. The Morgan fingerprint density at radius 3 is 2.24 bits per heavy atom. The van der Waals surface area contributed by atoms with Gasteiger partial charge in [0.05, 0.1) is 12.2 Å². The van der Waals surface area contributed by atoms with E-state index in [4.69, 9.17) is 4.74 Å². The molecule has 2 aromatic rings. The third kappa shape index (κ3) is 5.07. The van der Waals surface area contributed by atoms with Gasteiger partial charge in [0, 0.05) is 0 Å². The van der Waals surface area contributed by atoms with Gasteiger partial charge in [-0.3, -0.25) is 0 Å². The summed E-state index contributed by atoms with van der Waals surface area (Å²) in [6, 6.07) is 19.6. The maximum absolute atomic E-state index is 11.9. The molecule has 0 spiro atoms. The molecule has 1 unspecified atom stereocenters. The van der Waals surface area contributed by atoms with Gasteiger partial charge in [-0.05, 0) is 36.5 Å². The van der Waals surface area contributed by atoms with Crippen molar-refractivity contribution in [2.24, 2.45) is 5.92 Å². The number of benzene rings is 2. The molecule has 0 aromatic heterocycles. The fourth-order valence-electron chi connectivity index (χ4n) is 2.27. The molecule has 0 heterocycles. The average Bonchev–Trinajstić information content (AvgIpc) is 2.56. The van der Waals surface area contributed by atoms with Crippen LogP contribution in [0.25, 0.3) is 0 Å². The van der Waals surface area contributed by atoms with E-state index in [-0.39, 0.29) is 5.97 Å². The summed E-state index contributed by atoms with van der Waals surface area (Å²) in [7, 11) is 0. The van der Waals surface area contributed by atoms with Crippen molar-refractivity contribution in [2.45, 2.75) is 26.2 Å². The largest absolute Gasteiger partial charge is 0.462 e. The van der Waals surface area contributed by atoms with E-state index < -0.39 is 0 Å². The summed E-state index contributed by atoms with van der Waals surface area (Å²) < 4.78 is 5.43. The van der Waals surface area contributed by atoms with E-state index in [1.54, 1.807) is 12.1 Å². The van der Waals surface area contributed by atoms with Crippen LogP contribution < -0.4 is 0 Å². The molecule has 0 amide bonds. The summed E-state index contributed by atoms with van der Waals surface area (Å²) in [4.78, 5) is 11.9. The average molecular weight is 282 g/mol. The topological polar surface area (TPSA) is 26.3 Å². The highest BCUT2D eigenvalue weighted by molar-refractivity contribution is 5.89. The molecule has 0 saturated carbocycles. The number of rotatable bonds is 7. The second kappa shape index (κ2) is 8.25. The lowest BCUT2D eigenvalue weighted by Gasteiger charge is -2.15. The number of ether oxygens (including phenoxy) is 1. The Hall–Kier alpha value is -2.09. The van der Waals surface area contributed by atoms with E-state index in [1.165, 1.54) is 5.56 Å². The molecule has 2 heteroatoms. The Kier molecular flexibility index (Phi) is 6.01. The first-order chi connectivity index (χ1) is 10.3. The minimum absolute atomic E-state index is 0.228. The summed E-state index contributed by atoms with van der Waals surface area (Å²) in [6.45, 7) is 2.64. The van der Waals surface area contributed by atoms with Gasteiger partial charge in [-0.1, -0.05) is 61.9 Å². The number of hydrogen-bond donors (Lipinski definition) is 0. The van der Waals surface area contributed by atoms with Gasteiger partial charge in [0.25, 0.3) is 0 Å². The molecule has 0 radical (unpaired) electrons. The summed E-state index contributed by atoms with van der Waals surface area (Å²) in [5, 5.41) is 0. The van der Waals surface area contributed by atoms with Crippen LogP contribution in [0.15, 0.2) is 60.7 Å². The second-order valence-corrected chi connectivity index (χ2v) is 5.26. The first kappa shape index (κ1) is 15.3. The Morgan fingerprint density at radius 1 is 1.00 bits per heavy atom. The molecule has 0 fully saturated rings.